The van der Waals surface area contributed by atoms with Gasteiger partial charge in [-0.3, -0.25) is 10.1 Å². The molecule has 0 saturated carbocycles. The van der Waals surface area contributed by atoms with Gasteiger partial charge in [-0.05, 0) is 36.5 Å². The van der Waals surface area contributed by atoms with Gasteiger partial charge in [0.15, 0.2) is 11.7 Å². The van der Waals surface area contributed by atoms with Crippen LogP contribution in [0.3, 0.4) is 0 Å². The monoisotopic (exact) mass is 286 g/mol. The molecule has 0 aliphatic carbocycles. The van der Waals surface area contributed by atoms with Crippen LogP contribution in [0.5, 0.6) is 5.75 Å². The van der Waals surface area contributed by atoms with Gasteiger partial charge in [-0.1, -0.05) is 36.4 Å². The second-order valence-corrected chi connectivity index (χ2v) is 4.38. The summed E-state index contributed by atoms with van der Waals surface area (Å²) in [4.78, 5) is 11.7. The molecule has 2 rings (SSSR count). The Morgan fingerprint density at radius 2 is 1.60 bits per heavy atom. The highest BCUT2D eigenvalue weighted by Crippen LogP contribution is 2.07. The first-order chi connectivity index (χ1) is 9.74. The third kappa shape index (κ3) is 4.70. The predicted octanol–water partition coefficient (Wildman–Crippen LogP) is 2.58. The number of amides is 1. The lowest BCUT2D eigenvalue weighted by Crippen LogP contribution is -2.37. The van der Waals surface area contributed by atoms with E-state index >= 15 is 0 Å². The van der Waals surface area contributed by atoms with Gasteiger partial charge in [-0.15, -0.1) is 0 Å². The molecule has 20 heavy (non-hydrogen) atoms. The number of carbonyl (C=O) groups excluding carboxylic acids is 1. The molecule has 102 valence electrons. The average Bonchev–Trinajstić information content (AvgIpc) is 2.47. The molecule has 0 atom stereocenters. The SMILES string of the molecule is O=C(COc1ccccc1)NC(=S)Nc1ccccc1. The van der Waals surface area contributed by atoms with E-state index in [-0.39, 0.29) is 17.6 Å². The van der Waals surface area contributed by atoms with Crippen molar-refractivity contribution in [3.8, 4) is 5.75 Å². The van der Waals surface area contributed by atoms with Crippen molar-refractivity contribution in [1.82, 2.24) is 5.32 Å². The molecule has 5 heteroatoms. The van der Waals surface area contributed by atoms with Crippen molar-refractivity contribution in [2.75, 3.05) is 11.9 Å². The number of hydrogen-bond acceptors (Lipinski definition) is 3. The maximum atomic E-state index is 11.7. The molecule has 0 heterocycles. The van der Waals surface area contributed by atoms with E-state index in [0.29, 0.717) is 5.75 Å². The minimum absolute atomic E-state index is 0.0827. The van der Waals surface area contributed by atoms with Gasteiger partial charge in [-0.2, -0.15) is 0 Å². The number of thiocarbonyl (C=S) groups is 1. The third-order valence-corrected chi connectivity index (χ3v) is 2.60. The second kappa shape index (κ2) is 7.25. The van der Waals surface area contributed by atoms with E-state index < -0.39 is 0 Å². The van der Waals surface area contributed by atoms with Crippen LogP contribution in [-0.4, -0.2) is 17.6 Å². The molecule has 0 saturated heterocycles. The van der Waals surface area contributed by atoms with Gasteiger partial charge in [-0.25, -0.2) is 0 Å². The van der Waals surface area contributed by atoms with Crippen LogP contribution in [0.2, 0.25) is 0 Å². The number of rotatable bonds is 4. The summed E-state index contributed by atoms with van der Waals surface area (Å²) in [5.74, 6) is 0.340. The van der Waals surface area contributed by atoms with Crippen molar-refractivity contribution in [3.05, 3.63) is 60.7 Å². The van der Waals surface area contributed by atoms with Crippen LogP contribution < -0.4 is 15.4 Å². The fraction of sp³-hybridized carbons (Fsp3) is 0.0667. The van der Waals surface area contributed by atoms with Gasteiger partial charge in [0.1, 0.15) is 5.75 Å². The molecular weight excluding hydrogens is 272 g/mol. The van der Waals surface area contributed by atoms with Crippen LogP contribution in [-0.2, 0) is 4.79 Å². The minimum atomic E-state index is -0.303. The predicted molar refractivity (Wildman–Crippen MR) is 82.7 cm³/mol. The summed E-state index contributed by atoms with van der Waals surface area (Å²) in [6.07, 6.45) is 0. The third-order valence-electron chi connectivity index (χ3n) is 2.40. The van der Waals surface area contributed by atoms with E-state index in [1.165, 1.54) is 0 Å². The minimum Gasteiger partial charge on any atom is -0.484 e. The summed E-state index contributed by atoms with van der Waals surface area (Å²) in [7, 11) is 0. The largest absolute Gasteiger partial charge is 0.484 e. The molecular formula is C15H14N2O2S. The highest BCUT2D eigenvalue weighted by Gasteiger charge is 2.05. The van der Waals surface area contributed by atoms with Crippen molar-refractivity contribution in [2.24, 2.45) is 0 Å². The van der Waals surface area contributed by atoms with Crippen LogP contribution in [0.1, 0.15) is 0 Å². The standard InChI is InChI=1S/C15H14N2O2S/c18-14(11-19-13-9-5-2-6-10-13)17-15(20)16-12-7-3-1-4-8-12/h1-10H,11H2,(H2,16,17,18,20). The number of hydrogen-bond donors (Lipinski definition) is 2. The first-order valence-electron chi connectivity index (χ1n) is 6.08. The molecule has 4 nitrogen and oxygen atoms in total. The Balaban J connectivity index is 1.75. The molecule has 2 N–H and O–H groups in total. The molecule has 0 unspecified atom stereocenters. The summed E-state index contributed by atoms with van der Waals surface area (Å²) < 4.78 is 5.32. The molecule has 0 bridgehead atoms. The molecule has 0 aliphatic rings. The molecule has 2 aromatic rings. The number of nitrogens with one attached hydrogen (secondary N) is 2. The molecule has 0 aliphatic heterocycles. The van der Waals surface area contributed by atoms with Crippen LogP contribution in [0.15, 0.2) is 60.7 Å². The van der Waals surface area contributed by atoms with Gasteiger partial charge >= 0.3 is 0 Å². The maximum Gasteiger partial charge on any atom is 0.264 e. The Hall–Kier alpha value is -2.40. The quantitative estimate of drug-likeness (QED) is 0.848. The van der Waals surface area contributed by atoms with E-state index in [0.717, 1.165) is 5.69 Å². The first-order valence-corrected chi connectivity index (χ1v) is 6.48. The van der Waals surface area contributed by atoms with E-state index in [1.807, 2.05) is 48.5 Å². The number of benzene rings is 2. The lowest BCUT2D eigenvalue weighted by atomic mass is 10.3. The summed E-state index contributed by atoms with van der Waals surface area (Å²) in [6, 6.07) is 18.5. The fourth-order valence-corrected chi connectivity index (χ4v) is 1.74. The zero-order chi connectivity index (χ0) is 14.2. The zero-order valence-corrected chi connectivity index (χ0v) is 11.5. The highest BCUT2D eigenvalue weighted by molar-refractivity contribution is 7.80. The number of ether oxygens (including phenoxy) is 1. The molecule has 1 amide bonds. The Morgan fingerprint density at radius 1 is 1.00 bits per heavy atom. The zero-order valence-electron chi connectivity index (χ0n) is 10.7. The Bertz CT molecular complexity index is 573. The van der Waals surface area contributed by atoms with Crippen LogP contribution in [0, 0.1) is 0 Å². The normalized spacial score (nSPS) is 9.60. The Labute approximate surface area is 122 Å². The first kappa shape index (κ1) is 14.0. The molecule has 0 spiro atoms. The highest BCUT2D eigenvalue weighted by atomic mass is 32.1. The van der Waals surface area contributed by atoms with E-state index in [9.17, 15) is 4.79 Å². The number of para-hydroxylation sites is 2. The van der Waals surface area contributed by atoms with Crippen molar-refractivity contribution < 1.29 is 9.53 Å². The van der Waals surface area contributed by atoms with Gasteiger partial charge < -0.3 is 10.1 Å². The van der Waals surface area contributed by atoms with Crippen molar-refractivity contribution in [3.63, 3.8) is 0 Å². The lowest BCUT2D eigenvalue weighted by molar-refractivity contribution is -0.121. The summed E-state index contributed by atoms with van der Waals surface area (Å²) in [5.41, 5.74) is 0.821. The second-order valence-electron chi connectivity index (χ2n) is 3.97. The smallest absolute Gasteiger partial charge is 0.264 e. The molecule has 0 radical (unpaired) electrons. The van der Waals surface area contributed by atoms with E-state index in [2.05, 4.69) is 10.6 Å². The topological polar surface area (TPSA) is 50.4 Å². The van der Waals surface area contributed by atoms with Gasteiger partial charge in [0, 0.05) is 5.69 Å². The number of anilines is 1. The molecule has 2 aromatic carbocycles. The average molecular weight is 286 g/mol. The fourth-order valence-electron chi connectivity index (χ4n) is 1.51. The Morgan fingerprint density at radius 3 is 2.25 bits per heavy atom. The summed E-state index contributed by atoms with van der Waals surface area (Å²) in [6.45, 7) is -0.0827. The van der Waals surface area contributed by atoms with E-state index in [1.54, 1.807) is 12.1 Å². The van der Waals surface area contributed by atoms with Crippen molar-refractivity contribution in [1.29, 1.82) is 0 Å². The summed E-state index contributed by atoms with van der Waals surface area (Å²) in [5, 5.41) is 5.72. The summed E-state index contributed by atoms with van der Waals surface area (Å²) >= 11 is 5.04. The van der Waals surface area contributed by atoms with Crippen LogP contribution >= 0.6 is 12.2 Å². The lowest BCUT2D eigenvalue weighted by Gasteiger charge is -2.10. The maximum absolute atomic E-state index is 11.7. The van der Waals surface area contributed by atoms with Crippen molar-refractivity contribution >= 4 is 28.9 Å². The molecule has 0 fully saturated rings. The van der Waals surface area contributed by atoms with Gasteiger partial charge in [0.25, 0.3) is 5.91 Å². The van der Waals surface area contributed by atoms with Gasteiger partial charge in [0.05, 0.1) is 0 Å². The van der Waals surface area contributed by atoms with Crippen LogP contribution in [0.25, 0.3) is 0 Å². The van der Waals surface area contributed by atoms with Crippen LogP contribution in [0.4, 0.5) is 5.69 Å². The van der Waals surface area contributed by atoms with Gasteiger partial charge in [0.2, 0.25) is 0 Å². The van der Waals surface area contributed by atoms with Crippen molar-refractivity contribution in [2.45, 2.75) is 0 Å². The van der Waals surface area contributed by atoms with E-state index in [4.69, 9.17) is 17.0 Å². The number of carbonyl (C=O) groups is 1. The Kier molecular flexibility index (Phi) is 5.08. The molecule has 0 aromatic heterocycles.